The lowest BCUT2D eigenvalue weighted by atomic mass is 10.0. The van der Waals surface area contributed by atoms with Crippen LogP contribution in [0.15, 0.2) is 54.6 Å². The standard InChI is InChI=1S/C21H22ClN3O2/c22-17-6-4-5-16(13-17)14-23-11-9-18(10-12-23)24-15-20(26)25(21(24)27)19-7-2-1-3-8-19/h1-8,13,18H,9-12,14-15H2. The van der Waals surface area contributed by atoms with Gasteiger partial charge in [-0.25, -0.2) is 9.69 Å². The van der Waals surface area contributed by atoms with Gasteiger partial charge in [0.25, 0.3) is 5.91 Å². The highest BCUT2D eigenvalue weighted by Crippen LogP contribution is 2.26. The van der Waals surface area contributed by atoms with E-state index in [-0.39, 0.29) is 24.5 Å². The summed E-state index contributed by atoms with van der Waals surface area (Å²) in [4.78, 5) is 30.7. The van der Waals surface area contributed by atoms with Gasteiger partial charge < -0.3 is 4.90 Å². The number of halogens is 1. The van der Waals surface area contributed by atoms with Gasteiger partial charge in [0.2, 0.25) is 0 Å². The van der Waals surface area contributed by atoms with Crippen LogP contribution in [-0.2, 0) is 11.3 Å². The van der Waals surface area contributed by atoms with Crippen molar-refractivity contribution >= 4 is 29.2 Å². The summed E-state index contributed by atoms with van der Waals surface area (Å²) in [6.45, 7) is 2.84. The van der Waals surface area contributed by atoms with Crippen molar-refractivity contribution in [2.75, 3.05) is 24.5 Å². The number of rotatable bonds is 4. The van der Waals surface area contributed by atoms with E-state index in [4.69, 9.17) is 11.6 Å². The summed E-state index contributed by atoms with van der Waals surface area (Å²) in [5, 5.41) is 0.754. The largest absolute Gasteiger partial charge is 0.332 e. The molecule has 0 spiro atoms. The number of benzene rings is 2. The maximum atomic E-state index is 12.8. The minimum absolute atomic E-state index is 0.116. The Hall–Kier alpha value is -2.37. The lowest BCUT2D eigenvalue weighted by Crippen LogP contribution is -2.46. The molecule has 6 heteroatoms. The lowest BCUT2D eigenvalue weighted by Gasteiger charge is -2.36. The Morgan fingerprint density at radius 3 is 2.41 bits per heavy atom. The molecule has 2 heterocycles. The number of hydrogen-bond donors (Lipinski definition) is 0. The van der Waals surface area contributed by atoms with Crippen molar-refractivity contribution < 1.29 is 9.59 Å². The van der Waals surface area contributed by atoms with Crippen LogP contribution in [0.3, 0.4) is 0 Å². The fourth-order valence-corrected chi connectivity index (χ4v) is 4.13. The van der Waals surface area contributed by atoms with Gasteiger partial charge in [0.15, 0.2) is 0 Å². The smallest absolute Gasteiger partial charge is 0.312 e. The Labute approximate surface area is 164 Å². The van der Waals surface area contributed by atoms with Crippen molar-refractivity contribution in [3.63, 3.8) is 0 Å². The third-order valence-corrected chi connectivity index (χ3v) is 5.53. The number of amides is 3. The van der Waals surface area contributed by atoms with Crippen LogP contribution in [-0.4, -0.2) is 47.4 Å². The van der Waals surface area contributed by atoms with E-state index < -0.39 is 0 Å². The number of likely N-dealkylation sites (tertiary alicyclic amines) is 1. The number of piperidine rings is 1. The third kappa shape index (κ3) is 3.84. The van der Waals surface area contributed by atoms with E-state index >= 15 is 0 Å². The first-order chi connectivity index (χ1) is 13.1. The zero-order chi connectivity index (χ0) is 18.8. The monoisotopic (exact) mass is 383 g/mol. The van der Waals surface area contributed by atoms with Crippen molar-refractivity contribution in [3.8, 4) is 0 Å². The average Bonchev–Trinajstić information content (AvgIpc) is 2.97. The number of imide groups is 1. The first kappa shape index (κ1) is 18.0. The molecule has 5 nitrogen and oxygen atoms in total. The minimum atomic E-state index is -0.195. The summed E-state index contributed by atoms with van der Waals surface area (Å²) in [6.07, 6.45) is 1.75. The molecular weight excluding hydrogens is 362 g/mol. The Morgan fingerprint density at radius 2 is 1.70 bits per heavy atom. The highest BCUT2D eigenvalue weighted by atomic mass is 35.5. The predicted octanol–water partition coefficient (Wildman–Crippen LogP) is 3.77. The van der Waals surface area contributed by atoms with Crippen LogP contribution in [0.1, 0.15) is 18.4 Å². The second kappa shape index (κ2) is 7.71. The van der Waals surface area contributed by atoms with Gasteiger partial charge in [0.05, 0.1) is 5.69 Å². The molecule has 0 radical (unpaired) electrons. The zero-order valence-electron chi connectivity index (χ0n) is 15.1. The molecule has 0 N–H and O–H groups in total. The van der Waals surface area contributed by atoms with Crippen LogP contribution in [0.2, 0.25) is 5.02 Å². The second-order valence-electron chi connectivity index (χ2n) is 7.11. The summed E-state index contributed by atoms with van der Waals surface area (Å²) >= 11 is 6.07. The topological polar surface area (TPSA) is 43.9 Å². The molecule has 0 aromatic heterocycles. The summed E-state index contributed by atoms with van der Waals surface area (Å²) in [5.41, 5.74) is 1.84. The van der Waals surface area contributed by atoms with Crippen LogP contribution in [0.25, 0.3) is 0 Å². The molecule has 0 aliphatic carbocycles. The Balaban J connectivity index is 1.37. The van der Waals surface area contributed by atoms with E-state index in [0.717, 1.165) is 37.5 Å². The molecular formula is C21H22ClN3O2. The van der Waals surface area contributed by atoms with Crippen LogP contribution < -0.4 is 4.90 Å². The summed E-state index contributed by atoms with van der Waals surface area (Å²) in [6, 6.07) is 17.0. The molecule has 2 aliphatic rings. The number of urea groups is 1. The van der Waals surface area contributed by atoms with Gasteiger partial charge in [-0.05, 0) is 42.7 Å². The molecule has 3 amide bonds. The van der Waals surface area contributed by atoms with E-state index in [1.807, 2.05) is 36.4 Å². The third-order valence-electron chi connectivity index (χ3n) is 5.30. The van der Waals surface area contributed by atoms with Gasteiger partial charge in [-0.3, -0.25) is 9.69 Å². The molecule has 27 heavy (non-hydrogen) atoms. The number of para-hydroxylation sites is 1. The van der Waals surface area contributed by atoms with E-state index in [2.05, 4.69) is 11.0 Å². The van der Waals surface area contributed by atoms with E-state index in [1.165, 1.54) is 10.5 Å². The fourth-order valence-electron chi connectivity index (χ4n) is 3.92. The quantitative estimate of drug-likeness (QED) is 0.755. The summed E-state index contributed by atoms with van der Waals surface area (Å²) < 4.78 is 0. The molecule has 2 aliphatic heterocycles. The molecule has 0 bridgehead atoms. The number of hydrogen-bond acceptors (Lipinski definition) is 3. The van der Waals surface area contributed by atoms with Gasteiger partial charge in [-0.2, -0.15) is 0 Å². The van der Waals surface area contributed by atoms with Gasteiger partial charge in [0, 0.05) is 30.7 Å². The van der Waals surface area contributed by atoms with Gasteiger partial charge in [0.1, 0.15) is 6.54 Å². The van der Waals surface area contributed by atoms with E-state index in [1.54, 1.807) is 17.0 Å². The molecule has 2 fully saturated rings. The van der Waals surface area contributed by atoms with Crippen LogP contribution in [0, 0.1) is 0 Å². The van der Waals surface area contributed by atoms with Crippen molar-refractivity contribution in [2.45, 2.75) is 25.4 Å². The molecule has 2 aromatic rings. The average molecular weight is 384 g/mol. The maximum Gasteiger partial charge on any atom is 0.332 e. The molecule has 0 atom stereocenters. The Kier molecular flexibility index (Phi) is 5.14. The number of nitrogens with zero attached hydrogens (tertiary/aromatic N) is 3. The first-order valence-corrected chi connectivity index (χ1v) is 9.65. The first-order valence-electron chi connectivity index (χ1n) is 9.27. The number of carbonyl (C=O) groups is 2. The van der Waals surface area contributed by atoms with E-state index in [0.29, 0.717) is 5.69 Å². The SMILES string of the molecule is O=C1CN(C2CCN(Cc3cccc(Cl)c3)CC2)C(=O)N1c1ccccc1. The summed E-state index contributed by atoms with van der Waals surface area (Å²) in [7, 11) is 0. The van der Waals surface area contributed by atoms with Crippen molar-refractivity contribution in [2.24, 2.45) is 0 Å². The molecule has 0 saturated carbocycles. The molecule has 2 aromatic carbocycles. The Bertz CT molecular complexity index is 834. The van der Waals surface area contributed by atoms with Crippen LogP contribution in [0.5, 0.6) is 0 Å². The van der Waals surface area contributed by atoms with Gasteiger partial charge in [-0.15, -0.1) is 0 Å². The van der Waals surface area contributed by atoms with Crippen molar-refractivity contribution in [1.82, 2.24) is 9.80 Å². The molecule has 140 valence electrons. The zero-order valence-corrected chi connectivity index (χ0v) is 15.8. The lowest BCUT2D eigenvalue weighted by molar-refractivity contribution is -0.116. The number of carbonyl (C=O) groups excluding carboxylic acids is 2. The molecule has 4 rings (SSSR count). The second-order valence-corrected chi connectivity index (χ2v) is 7.55. The minimum Gasteiger partial charge on any atom is -0.312 e. The number of anilines is 1. The highest BCUT2D eigenvalue weighted by molar-refractivity contribution is 6.30. The summed E-state index contributed by atoms with van der Waals surface area (Å²) in [5.74, 6) is -0.146. The molecule has 2 saturated heterocycles. The fraction of sp³-hybridized carbons (Fsp3) is 0.333. The highest BCUT2D eigenvalue weighted by Gasteiger charge is 2.41. The van der Waals surface area contributed by atoms with E-state index in [9.17, 15) is 9.59 Å². The maximum absolute atomic E-state index is 12.8. The van der Waals surface area contributed by atoms with Crippen LogP contribution >= 0.6 is 11.6 Å². The molecule has 0 unspecified atom stereocenters. The van der Waals surface area contributed by atoms with Gasteiger partial charge in [-0.1, -0.05) is 41.9 Å². The van der Waals surface area contributed by atoms with Gasteiger partial charge >= 0.3 is 6.03 Å². The normalized spacial score (nSPS) is 19.1. The van der Waals surface area contributed by atoms with Crippen LogP contribution in [0.4, 0.5) is 10.5 Å². The predicted molar refractivity (Wildman–Crippen MR) is 106 cm³/mol. The van der Waals surface area contributed by atoms with Crippen molar-refractivity contribution in [3.05, 3.63) is 65.2 Å². The Morgan fingerprint density at radius 1 is 0.963 bits per heavy atom. The van der Waals surface area contributed by atoms with Crippen molar-refractivity contribution in [1.29, 1.82) is 0 Å².